The molecule has 0 saturated heterocycles. The van der Waals surface area contributed by atoms with Crippen molar-refractivity contribution in [2.24, 2.45) is 0 Å². The number of aliphatic hydroxyl groups is 1. The summed E-state index contributed by atoms with van der Waals surface area (Å²) in [4.78, 5) is 0. The smallest absolute Gasteiger partial charge is 0.123 e. The highest BCUT2D eigenvalue weighted by Gasteiger charge is 2.25. The van der Waals surface area contributed by atoms with Crippen molar-refractivity contribution in [3.63, 3.8) is 0 Å². The lowest BCUT2D eigenvalue weighted by Gasteiger charge is -2.32. The van der Waals surface area contributed by atoms with Crippen molar-refractivity contribution in [2.45, 2.75) is 24.9 Å². The van der Waals surface area contributed by atoms with Crippen LogP contribution in [0.25, 0.3) is 0 Å². The fraction of sp³-hybridized carbons (Fsp3) is 0.364. The van der Waals surface area contributed by atoms with Crippen molar-refractivity contribution < 1.29 is 18.4 Å². The van der Waals surface area contributed by atoms with E-state index >= 15 is 0 Å². The molecule has 1 N–H and O–H groups in total. The highest BCUT2D eigenvalue weighted by atomic mass is 19.1. The molecule has 2 rings (SSSR count). The minimum absolute atomic E-state index is 0.120. The molecule has 2 aromatic rings. The van der Waals surface area contributed by atoms with Crippen molar-refractivity contribution in [1.82, 2.24) is 0 Å². The van der Waals surface area contributed by atoms with Gasteiger partial charge in [-0.1, -0.05) is 30.3 Å². The standard InChI is InChI=1S/C22H28F2NO/c1-4-5-14-25(2,3)16-21(26)15-22(17-6-10-19(23)11-7-17)18-8-12-20(24)13-9-18/h4,6-13,21-22,26H,1,5,14-16H2,2-3H3/q+1. The van der Waals surface area contributed by atoms with Gasteiger partial charge < -0.3 is 9.59 Å². The van der Waals surface area contributed by atoms with Gasteiger partial charge in [-0.3, -0.25) is 0 Å². The van der Waals surface area contributed by atoms with Crippen LogP contribution in [-0.2, 0) is 0 Å². The first-order valence-corrected chi connectivity index (χ1v) is 8.92. The van der Waals surface area contributed by atoms with E-state index in [0.29, 0.717) is 17.4 Å². The highest BCUT2D eigenvalue weighted by molar-refractivity contribution is 5.33. The third-order valence-electron chi connectivity index (χ3n) is 4.70. The third-order valence-corrected chi connectivity index (χ3v) is 4.70. The summed E-state index contributed by atoms with van der Waals surface area (Å²) in [7, 11) is 4.16. The number of quaternary nitrogens is 1. The molecule has 0 spiro atoms. The SMILES string of the molecule is C=CCC[N+](C)(C)CC(O)CC(c1ccc(F)cc1)c1ccc(F)cc1. The van der Waals surface area contributed by atoms with Gasteiger partial charge in [-0.2, -0.15) is 0 Å². The van der Waals surface area contributed by atoms with E-state index < -0.39 is 6.10 Å². The first-order valence-electron chi connectivity index (χ1n) is 8.92. The zero-order valence-corrected chi connectivity index (χ0v) is 15.5. The average molecular weight is 360 g/mol. The van der Waals surface area contributed by atoms with Crippen LogP contribution in [0.1, 0.15) is 29.9 Å². The maximum atomic E-state index is 13.3. The molecule has 0 bridgehead atoms. The number of nitrogens with zero attached hydrogens (tertiary/aromatic N) is 1. The quantitative estimate of drug-likeness (QED) is 0.516. The van der Waals surface area contributed by atoms with Crippen LogP contribution in [0.3, 0.4) is 0 Å². The molecule has 1 unspecified atom stereocenters. The topological polar surface area (TPSA) is 20.2 Å². The molecule has 0 saturated carbocycles. The molecule has 2 aromatic carbocycles. The lowest BCUT2D eigenvalue weighted by Crippen LogP contribution is -2.46. The summed E-state index contributed by atoms with van der Waals surface area (Å²) in [5.41, 5.74) is 1.82. The fourth-order valence-electron chi connectivity index (χ4n) is 3.30. The van der Waals surface area contributed by atoms with Gasteiger partial charge in [0.2, 0.25) is 0 Å². The highest BCUT2D eigenvalue weighted by Crippen LogP contribution is 2.30. The molecule has 0 amide bonds. The Bertz CT molecular complexity index is 650. The summed E-state index contributed by atoms with van der Waals surface area (Å²) >= 11 is 0. The molecule has 140 valence electrons. The molecule has 0 radical (unpaired) electrons. The molecule has 0 aliphatic heterocycles. The van der Waals surface area contributed by atoms with Gasteiger partial charge >= 0.3 is 0 Å². The van der Waals surface area contributed by atoms with Crippen LogP contribution in [0.2, 0.25) is 0 Å². The zero-order valence-electron chi connectivity index (χ0n) is 15.5. The second-order valence-electron chi connectivity index (χ2n) is 7.46. The summed E-state index contributed by atoms with van der Waals surface area (Å²) in [6.45, 7) is 5.26. The lowest BCUT2D eigenvalue weighted by molar-refractivity contribution is -0.893. The summed E-state index contributed by atoms with van der Waals surface area (Å²) in [6, 6.07) is 12.6. The molecule has 4 heteroatoms. The molecule has 0 aliphatic carbocycles. The molecule has 0 aromatic heterocycles. The number of hydrogen-bond acceptors (Lipinski definition) is 1. The number of hydrogen-bond donors (Lipinski definition) is 1. The van der Waals surface area contributed by atoms with Crippen LogP contribution in [0.15, 0.2) is 61.2 Å². The van der Waals surface area contributed by atoms with Gasteiger partial charge in [-0.25, -0.2) is 8.78 Å². The molecule has 2 nitrogen and oxygen atoms in total. The summed E-state index contributed by atoms with van der Waals surface area (Å²) in [6.07, 6.45) is 2.73. The Kier molecular flexibility index (Phi) is 7.06. The van der Waals surface area contributed by atoms with Crippen LogP contribution < -0.4 is 0 Å². The Morgan fingerprint density at radius 3 is 1.85 bits per heavy atom. The predicted molar refractivity (Wildman–Crippen MR) is 102 cm³/mol. The molecule has 0 aliphatic rings. The van der Waals surface area contributed by atoms with Crippen molar-refractivity contribution in [3.8, 4) is 0 Å². The van der Waals surface area contributed by atoms with E-state index in [4.69, 9.17) is 0 Å². The van der Waals surface area contributed by atoms with Gasteiger partial charge in [-0.05, 0) is 41.8 Å². The summed E-state index contributed by atoms with van der Waals surface area (Å²) < 4.78 is 27.3. The first-order chi connectivity index (χ1) is 12.3. The van der Waals surface area contributed by atoms with Crippen LogP contribution in [0, 0.1) is 11.6 Å². The van der Waals surface area contributed by atoms with Crippen LogP contribution in [0.5, 0.6) is 0 Å². The van der Waals surface area contributed by atoms with E-state index in [1.54, 1.807) is 24.3 Å². The molecule has 0 fully saturated rings. The number of likely N-dealkylation sites (N-methyl/N-ethyl adjacent to an activating group) is 1. The molecule has 26 heavy (non-hydrogen) atoms. The van der Waals surface area contributed by atoms with E-state index in [1.165, 1.54) is 24.3 Å². The van der Waals surface area contributed by atoms with Gasteiger partial charge in [0.05, 0.1) is 20.6 Å². The van der Waals surface area contributed by atoms with E-state index in [0.717, 1.165) is 24.1 Å². The van der Waals surface area contributed by atoms with Crippen molar-refractivity contribution in [3.05, 3.63) is 83.9 Å². The largest absolute Gasteiger partial charge is 0.387 e. The summed E-state index contributed by atoms with van der Waals surface area (Å²) in [5, 5.41) is 10.7. The van der Waals surface area contributed by atoms with Crippen molar-refractivity contribution in [1.29, 1.82) is 0 Å². The molecular formula is C22H28F2NO+. The van der Waals surface area contributed by atoms with E-state index in [9.17, 15) is 13.9 Å². The van der Waals surface area contributed by atoms with Crippen LogP contribution >= 0.6 is 0 Å². The minimum Gasteiger partial charge on any atom is -0.387 e. The average Bonchev–Trinajstić information content (AvgIpc) is 2.59. The van der Waals surface area contributed by atoms with Crippen molar-refractivity contribution in [2.75, 3.05) is 27.2 Å². The van der Waals surface area contributed by atoms with Gasteiger partial charge in [0, 0.05) is 12.3 Å². The monoisotopic (exact) mass is 360 g/mol. The summed E-state index contributed by atoms with van der Waals surface area (Å²) in [5.74, 6) is -0.714. The Balaban J connectivity index is 2.19. The van der Waals surface area contributed by atoms with Crippen LogP contribution in [0.4, 0.5) is 8.78 Å². The molecular weight excluding hydrogens is 332 g/mol. The Morgan fingerprint density at radius 2 is 1.42 bits per heavy atom. The fourth-order valence-corrected chi connectivity index (χ4v) is 3.30. The Hall–Kier alpha value is -2.04. The van der Waals surface area contributed by atoms with Gasteiger partial charge in [-0.15, -0.1) is 6.58 Å². The van der Waals surface area contributed by atoms with Gasteiger partial charge in [0.1, 0.15) is 24.3 Å². The number of rotatable bonds is 9. The Labute approximate surface area is 155 Å². The lowest BCUT2D eigenvalue weighted by atomic mass is 9.86. The second-order valence-corrected chi connectivity index (χ2v) is 7.46. The second kappa shape index (κ2) is 9.06. The van der Waals surface area contributed by atoms with E-state index in [2.05, 4.69) is 20.7 Å². The normalized spacial score (nSPS) is 13.0. The minimum atomic E-state index is -0.532. The van der Waals surface area contributed by atoms with Gasteiger partial charge in [0.25, 0.3) is 0 Å². The van der Waals surface area contributed by atoms with E-state index in [1.807, 2.05) is 6.08 Å². The van der Waals surface area contributed by atoms with E-state index in [-0.39, 0.29) is 17.6 Å². The molecule has 1 atom stereocenters. The number of benzene rings is 2. The predicted octanol–water partition coefficient (Wildman–Crippen LogP) is 4.50. The Morgan fingerprint density at radius 1 is 0.962 bits per heavy atom. The maximum absolute atomic E-state index is 13.3. The maximum Gasteiger partial charge on any atom is 0.123 e. The third kappa shape index (κ3) is 6.04. The first kappa shape index (κ1) is 20.3. The van der Waals surface area contributed by atoms with Crippen LogP contribution in [-0.4, -0.2) is 42.9 Å². The van der Waals surface area contributed by atoms with Gasteiger partial charge in [0.15, 0.2) is 0 Å². The van der Waals surface area contributed by atoms with Crippen molar-refractivity contribution >= 4 is 0 Å². The zero-order chi connectivity index (χ0) is 19.2. The number of aliphatic hydroxyl groups excluding tert-OH is 1. The number of halogens is 2. The molecule has 0 heterocycles.